The molecule has 1 amide bonds. The van der Waals surface area contributed by atoms with Crippen molar-refractivity contribution in [2.45, 2.75) is 25.8 Å². The maximum absolute atomic E-state index is 11.6. The molecule has 1 unspecified atom stereocenters. The van der Waals surface area contributed by atoms with Gasteiger partial charge in [-0.3, -0.25) is 4.79 Å². The van der Waals surface area contributed by atoms with Crippen molar-refractivity contribution in [3.05, 3.63) is 29.8 Å². The van der Waals surface area contributed by atoms with Crippen LogP contribution < -0.4 is 11.1 Å². The second-order valence-corrected chi connectivity index (χ2v) is 4.14. The van der Waals surface area contributed by atoms with Crippen LogP contribution in [0.25, 0.3) is 0 Å². The first-order chi connectivity index (χ1) is 8.52. The van der Waals surface area contributed by atoms with Gasteiger partial charge in [-0.25, -0.2) is 4.79 Å². The zero-order chi connectivity index (χ0) is 13.5. The molecule has 1 aromatic rings. The van der Waals surface area contributed by atoms with Gasteiger partial charge in [-0.05, 0) is 31.5 Å². The van der Waals surface area contributed by atoms with E-state index in [2.05, 4.69) is 10.1 Å². The fourth-order valence-corrected chi connectivity index (χ4v) is 1.42. The highest BCUT2D eigenvalue weighted by atomic mass is 35.5. The molecule has 6 heteroatoms. The summed E-state index contributed by atoms with van der Waals surface area (Å²) in [6.45, 7) is 1.85. The number of halogens is 1. The Balaban J connectivity index is 0.00000324. The molecule has 1 rings (SSSR count). The summed E-state index contributed by atoms with van der Waals surface area (Å²) < 4.78 is 4.61. The van der Waals surface area contributed by atoms with Crippen LogP contribution in [-0.2, 0) is 9.53 Å². The van der Waals surface area contributed by atoms with Crippen LogP contribution in [0.1, 0.15) is 30.1 Å². The molecule has 0 aliphatic rings. The molecule has 0 aliphatic carbocycles. The lowest BCUT2D eigenvalue weighted by atomic mass is 10.1. The quantitative estimate of drug-likeness (QED) is 0.811. The van der Waals surface area contributed by atoms with E-state index in [0.717, 1.165) is 0 Å². The van der Waals surface area contributed by atoms with Crippen molar-refractivity contribution < 1.29 is 14.3 Å². The number of nitrogens with one attached hydrogen (secondary N) is 1. The Bertz CT molecular complexity index is 436. The highest BCUT2D eigenvalue weighted by molar-refractivity contribution is 5.94. The lowest BCUT2D eigenvalue weighted by molar-refractivity contribution is -0.116. The van der Waals surface area contributed by atoms with Crippen molar-refractivity contribution in [1.29, 1.82) is 0 Å². The molecule has 1 aromatic carbocycles. The van der Waals surface area contributed by atoms with Crippen molar-refractivity contribution in [3.8, 4) is 0 Å². The zero-order valence-electron chi connectivity index (χ0n) is 11.0. The van der Waals surface area contributed by atoms with Gasteiger partial charge in [-0.1, -0.05) is 6.07 Å². The molecule has 19 heavy (non-hydrogen) atoms. The van der Waals surface area contributed by atoms with Gasteiger partial charge in [0.05, 0.1) is 12.7 Å². The lowest BCUT2D eigenvalue weighted by Crippen LogP contribution is -2.19. The van der Waals surface area contributed by atoms with Gasteiger partial charge in [0.15, 0.2) is 0 Å². The summed E-state index contributed by atoms with van der Waals surface area (Å²) in [5, 5.41) is 2.71. The number of rotatable bonds is 5. The first-order valence-corrected chi connectivity index (χ1v) is 5.76. The molecule has 0 fully saturated rings. The molecule has 0 bridgehead atoms. The Labute approximate surface area is 118 Å². The summed E-state index contributed by atoms with van der Waals surface area (Å²) in [5.41, 5.74) is 6.56. The van der Waals surface area contributed by atoms with E-state index in [-0.39, 0.29) is 24.4 Å². The van der Waals surface area contributed by atoms with Crippen molar-refractivity contribution in [3.63, 3.8) is 0 Å². The lowest BCUT2D eigenvalue weighted by Gasteiger charge is -2.08. The summed E-state index contributed by atoms with van der Waals surface area (Å²) in [5.74, 6) is -0.545. The van der Waals surface area contributed by atoms with Crippen molar-refractivity contribution in [1.82, 2.24) is 0 Å². The molecule has 0 saturated heterocycles. The first kappa shape index (κ1) is 17.4. The number of amides is 1. The number of hydrogen-bond acceptors (Lipinski definition) is 4. The van der Waals surface area contributed by atoms with Crippen LogP contribution in [0.15, 0.2) is 24.3 Å². The normalized spacial score (nSPS) is 11.1. The predicted octanol–water partition coefficient (Wildman–Crippen LogP) is 1.96. The summed E-state index contributed by atoms with van der Waals surface area (Å²) in [6.07, 6.45) is 0.989. The summed E-state index contributed by atoms with van der Waals surface area (Å²) in [7, 11) is 1.32. The Morgan fingerprint density at radius 2 is 2.11 bits per heavy atom. The fraction of sp³-hybridized carbons (Fsp3) is 0.385. The number of carbonyl (C=O) groups is 2. The average molecular weight is 287 g/mol. The van der Waals surface area contributed by atoms with E-state index in [0.29, 0.717) is 24.1 Å². The van der Waals surface area contributed by atoms with Gasteiger partial charge in [0, 0.05) is 18.2 Å². The summed E-state index contributed by atoms with van der Waals surface area (Å²) >= 11 is 0. The molecule has 0 spiro atoms. The number of carbonyl (C=O) groups excluding carboxylic acids is 2. The fourth-order valence-electron chi connectivity index (χ4n) is 1.42. The van der Waals surface area contributed by atoms with E-state index >= 15 is 0 Å². The van der Waals surface area contributed by atoms with Crippen molar-refractivity contribution >= 4 is 30.0 Å². The molecule has 0 aliphatic heterocycles. The average Bonchev–Trinajstić information content (AvgIpc) is 2.35. The van der Waals surface area contributed by atoms with E-state index in [1.165, 1.54) is 7.11 Å². The van der Waals surface area contributed by atoms with Crippen LogP contribution in [0, 0.1) is 0 Å². The minimum atomic E-state index is -0.429. The van der Waals surface area contributed by atoms with Gasteiger partial charge in [-0.15, -0.1) is 12.4 Å². The second kappa shape index (κ2) is 8.50. The van der Waals surface area contributed by atoms with Crippen LogP contribution in [0.5, 0.6) is 0 Å². The van der Waals surface area contributed by atoms with E-state index in [1.54, 1.807) is 24.3 Å². The molecule has 5 nitrogen and oxygen atoms in total. The third-order valence-corrected chi connectivity index (χ3v) is 2.39. The number of methoxy groups -OCH3 is 1. The van der Waals surface area contributed by atoms with Gasteiger partial charge in [-0.2, -0.15) is 0 Å². The summed E-state index contributed by atoms with van der Waals surface area (Å²) in [4.78, 5) is 22.9. The van der Waals surface area contributed by atoms with Crippen LogP contribution in [0.4, 0.5) is 5.69 Å². The number of ether oxygens (including phenoxy) is 1. The van der Waals surface area contributed by atoms with Crippen LogP contribution >= 0.6 is 12.4 Å². The minimum Gasteiger partial charge on any atom is -0.465 e. The third-order valence-electron chi connectivity index (χ3n) is 2.39. The number of esters is 1. The number of nitrogens with two attached hydrogens (primary N) is 1. The van der Waals surface area contributed by atoms with E-state index < -0.39 is 5.97 Å². The van der Waals surface area contributed by atoms with Crippen LogP contribution in [-0.4, -0.2) is 25.0 Å². The topological polar surface area (TPSA) is 81.4 Å². The number of benzene rings is 1. The van der Waals surface area contributed by atoms with Crippen LogP contribution in [0.3, 0.4) is 0 Å². The Morgan fingerprint density at radius 3 is 2.68 bits per heavy atom. The molecule has 0 saturated carbocycles. The standard InChI is InChI=1S/C13H18N2O3.ClH/c1-9(14)6-7-12(16)15-11-5-3-4-10(8-11)13(17)18-2;/h3-5,8-9H,6-7,14H2,1-2H3,(H,15,16);1H. The highest BCUT2D eigenvalue weighted by Gasteiger charge is 2.08. The Hall–Kier alpha value is -1.59. The molecule has 0 radical (unpaired) electrons. The van der Waals surface area contributed by atoms with E-state index in [9.17, 15) is 9.59 Å². The Morgan fingerprint density at radius 1 is 1.42 bits per heavy atom. The molecule has 3 N–H and O–H groups in total. The molecule has 106 valence electrons. The van der Waals surface area contributed by atoms with E-state index in [4.69, 9.17) is 5.73 Å². The smallest absolute Gasteiger partial charge is 0.337 e. The molecule has 0 aromatic heterocycles. The maximum atomic E-state index is 11.6. The predicted molar refractivity (Wildman–Crippen MR) is 76.5 cm³/mol. The summed E-state index contributed by atoms with van der Waals surface area (Å²) in [6, 6.07) is 6.61. The van der Waals surface area contributed by atoms with Crippen molar-refractivity contribution in [2.24, 2.45) is 5.73 Å². The molecule has 1 atom stereocenters. The van der Waals surface area contributed by atoms with Gasteiger partial charge in [0.25, 0.3) is 0 Å². The molecular weight excluding hydrogens is 268 g/mol. The van der Waals surface area contributed by atoms with E-state index in [1.807, 2.05) is 6.92 Å². The van der Waals surface area contributed by atoms with Crippen LogP contribution in [0.2, 0.25) is 0 Å². The SMILES string of the molecule is COC(=O)c1cccc(NC(=O)CCC(C)N)c1.Cl. The minimum absolute atomic E-state index is 0. The molecule has 0 heterocycles. The van der Waals surface area contributed by atoms with Gasteiger partial charge in [0.1, 0.15) is 0 Å². The number of anilines is 1. The maximum Gasteiger partial charge on any atom is 0.337 e. The molecular formula is C13H19ClN2O3. The first-order valence-electron chi connectivity index (χ1n) is 5.76. The van der Waals surface area contributed by atoms with Gasteiger partial charge < -0.3 is 15.8 Å². The van der Waals surface area contributed by atoms with Gasteiger partial charge in [0.2, 0.25) is 5.91 Å². The zero-order valence-corrected chi connectivity index (χ0v) is 11.8. The largest absolute Gasteiger partial charge is 0.465 e. The third kappa shape index (κ3) is 6.22. The number of hydrogen-bond donors (Lipinski definition) is 2. The van der Waals surface area contributed by atoms with Gasteiger partial charge >= 0.3 is 5.97 Å². The van der Waals surface area contributed by atoms with Crippen molar-refractivity contribution in [2.75, 3.05) is 12.4 Å². The Kier molecular flexibility index (Phi) is 7.79. The highest BCUT2D eigenvalue weighted by Crippen LogP contribution is 2.12. The second-order valence-electron chi connectivity index (χ2n) is 4.14. The monoisotopic (exact) mass is 286 g/mol.